The van der Waals surface area contributed by atoms with Gasteiger partial charge < -0.3 is 9.32 Å². The molecule has 2 heterocycles. The fraction of sp³-hybridized carbons (Fsp3) is 0.190. The first-order valence-electron chi connectivity index (χ1n) is 9.12. The van der Waals surface area contributed by atoms with Gasteiger partial charge in [-0.1, -0.05) is 35.4 Å². The summed E-state index contributed by atoms with van der Waals surface area (Å²) in [5.41, 5.74) is 1.71. The fourth-order valence-electron chi connectivity index (χ4n) is 3.21. The molecule has 1 unspecified atom stereocenters. The van der Waals surface area contributed by atoms with Crippen molar-refractivity contribution in [2.75, 3.05) is 16.8 Å². The lowest BCUT2D eigenvalue weighted by atomic mass is 10.1. The average Bonchev–Trinajstić information content (AvgIpc) is 3.35. The lowest BCUT2D eigenvalue weighted by Crippen LogP contribution is -2.24. The van der Waals surface area contributed by atoms with E-state index in [1.807, 2.05) is 30.3 Å². The Morgan fingerprint density at radius 3 is 2.41 bits per heavy atom. The Labute approximate surface area is 166 Å². The standard InChI is InChI=1S/C21H18N4O4/c1-13(26)14-7-9-15(10-8-14)19(28)22-21-24-23-20(29-21)16-11-18(27)25(12-16)17-5-3-2-4-6-17/h2-10,16H,11-12H2,1H3,(H,22,24,28). The van der Waals surface area contributed by atoms with E-state index >= 15 is 0 Å². The van der Waals surface area contributed by atoms with Gasteiger partial charge in [-0.25, -0.2) is 0 Å². The normalized spacial score (nSPS) is 16.1. The van der Waals surface area contributed by atoms with Crippen LogP contribution in [-0.4, -0.2) is 34.3 Å². The maximum Gasteiger partial charge on any atom is 0.322 e. The number of aromatic nitrogens is 2. The third-order valence-electron chi connectivity index (χ3n) is 4.76. The zero-order valence-electron chi connectivity index (χ0n) is 15.7. The third-order valence-corrected chi connectivity index (χ3v) is 4.76. The van der Waals surface area contributed by atoms with E-state index in [-0.39, 0.29) is 30.0 Å². The molecule has 8 nitrogen and oxygen atoms in total. The van der Waals surface area contributed by atoms with E-state index in [0.29, 0.717) is 23.6 Å². The molecule has 2 amide bonds. The molecule has 146 valence electrons. The number of amides is 2. The van der Waals surface area contributed by atoms with Crippen LogP contribution < -0.4 is 10.2 Å². The number of hydrogen-bond donors (Lipinski definition) is 1. The van der Waals surface area contributed by atoms with Gasteiger partial charge in [-0.05, 0) is 31.2 Å². The fourth-order valence-corrected chi connectivity index (χ4v) is 3.21. The van der Waals surface area contributed by atoms with Crippen molar-refractivity contribution in [2.45, 2.75) is 19.3 Å². The molecule has 0 radical (unpaired) electrons. The zero-order chi connectivity index (χ0) is 20.4. The molecule has 0 aliphatic carbocycles. The summed E-state index contributed by atoms with van der Waals surface area (Å²) in [6, 6.07) is 15.6. The number of ketones is 1. The van der Waals surface area contributed by atoms with E-state index in [9.17, 15) is 14.4 Å². The van der Waals surface area contributed by atoms with Gasteiger partial charge in [-0.3, -0.25) is 19.7 Å². The minimum Gasteiger partial charge on any atom is -0.407 e. The molecule has 1 atom stereocenters. The third kappa shape index (κ3) is 3.91. The average molecular weight is 390 g/mol. The van der Waals surface area contributed by atoms with Crippen molar-refractivity contribution in [1.29, 1.82) is 0 Å². The van der Waals surface area contributed by atoms with Crippen LogP contribution in [0.5, 0.6) is 0 Å². The van der Waals surface area contributed by atoms with Gasteiger partial charge in [-0.2, -0.15) is 0 Å². The summed E-state index contributed by atoms with van der Waals surface area (Å²) in [7, 11) is 0. The van der Waals surface area contributed by atoms with Crippen molar-refractivity contribution in [2.24, 2.45) is 0 Å². The highest BCUT2D eigenvalue weighted by atomic mass is 16.4. The summed E-state index contributed by atoms with van der Waals surface area (Å²) in [6.07, 6.45) is 0.261. The molecular weight excluding hydrogens is 372 g/mol. The van der Waals surface area contributed by atoms with Crippen molar-refractivity contribution in [1.82, 2.24) is 10.2 Å². The van der Waals surface area contributed by atoms with Crippen LogP contribution in [0.25, 0.3) is 0 Å². The Hall–Kier alpha value is -3.81. The van der Waals surface area contributed by atoms with E-state index in [1.54, 1.807) is 29.2 Å². The van der Waals surface area contributed by atoms with Gasteiger partial charge in [0.2, 0.25) is 11.8 Å². The van der Waals surface area contributed by atoms with Gasteiger partial charge >= 0.3 is 6.01 Å². The van der Waals surface area contributed by atoms with Gasteiger partial charge in [-0.15, -0.1) is 5.10 Å². The molecule has 0 bridgehead atoms. The van der Waals surface area contributed by atoms with Gasteiger partial charge in [0.1, 0.15) is 0 Å². The van der Waals surface area contributed by atoms with Crippen LogP contribution in [0, 0.1) is 0 Å². The second-order valence-electron chi connectivity index (χ2n) is 6.77. The summed E-state index contributed by atoms with van der Waals surface area (Å²) in [5, 5.41) is 10.4. The number of carbonyl (C=O) groups is 3. The van der Waals surface area contributed by atoms with Crippen molar-refractivity contribution in [3.05, 3.63) is 71.6 Å². The van der Waals surface area contributed by atoms with E-state index in [1.165, 1.54) is 6.92 Å². The van der Waals surface area contributed by atoms with Gasteiger partial charge in [0.25, 0.3) is 5.91 Å². The molecule has 1 saturated heterocycles. The van der Waals surface area contributed by atoms with E-state index in [2.05, 4.69) is 15.5 Å². The Bertz CT molecular complexity index is 1060. The van der Waals surface area contributed by atoms with Gasteiger partial charge in [0, 0.05) is 29.8 Å². The van der Waals surface area contributed by atoms with Crippen molar-refractivity contribution >= 4 is 29.3 Å². The number of Topliss-reactive ketones (excluding diaryl/α,β-unsaturated/α-hetero) is 1. The van der Waals surface area contributed by atoms with E-state index in [0.717, 1.165) is 5.69 Å². The number of hydrogen-bond acceptors (Lipinski definition) is 6. The lowest BCUT2D eigenvalue weighted by Gasteiger charge is -2.15. The van der Waals surface area contributed by atoms with Gasteiger partial charge in [0.15, 0.2) is 5.78 Å². The molecule has 1 fully saturated rings. The van der Waals surface area contributed by atoms with Crippen molar-refractivity contribution in [3.8, 4) is 0 Å². The number of nitrogens with zero attached hydrogens (tertiary/aromatic N) is 3. The number of nitrogens with one attached hydrogen (secondary N) is 1. The summed E-state index contributed by atoms with van der Waals surface area (Å²) in [4.78, 5) is 37.7. The minimum absolute atomic E-state index is 0.0180. The van der Waals surface area contributed by atoms with Crippen LogP contribution in [0.3, 0.4) is 0 Å². The number of carbonyl (C=O) groups excluding carboxylic acids is 3. The molecule has 1 aromatic heterocycles. The van der Waals surface area contributed by atoms with Crippen LogP contribution in [0.2, 0.25) is 0 Å². The second kappa shape index (κ2) is 7.67. The number of para-hydroxylation sites is 1. The van der Waals surface area contributed by atoms with Crippen LogP contribution >= 0.6 is 0 Å². The number of rotatable bonds is 5. The zero-order valence-corrected chi connectivity index (χ0v) is 15.7. The first-order chi connectivity index (χ1) is 14.0. The largest absolute Gasteiger partial charge is 0.407 e. The molecule has 4 rings (SSSR count). The Morgan fingerprint density at radius 2 is 1.72 bits per heavy atom. The maximum absolute atomic E-state index is 12.3. The lowest BCUT2D eigenvalue weighted by molar-refractivity contribution is -0.117. The second-order valence-corrected chi connectivity index (χ2v) is 6.77. The Kier molecular flexibility index (Phi) is 4.90. The molecule has 0 saturated carbocycles. The molecule has 1 aliphatic rings. The predicted molar refractivity (Wildman–Crippen MR) is 105 cm³/mol. The summed E-state index contributed by atoms with van der Waals surface area (Å²) in [6.45, 7) is 1.90. The summed E-state index contributed by atoms with van der Waals surface area (Å²) >= 11 is 0. The van der Waals surface area contributed by atoms with Gasteiger partial charge in [0.05, 0.1) is 5.92 Å². The smallest absolute Gasteiger partial charge is 0.322 e. The van der Waals surface area contributed by atoms with E-state index < -0.39 is 5.91 Å². The predicted octanol–water partition coefficient (Wildman–Crippen LogP) is 3.05. The highest BCUT2D eigenvalue weighted by Crippen LogP contribution is 2.31. The van der Waals surface area contributed by atoms with Crippen LogP contribution in [-0.2, 0) is 4.79 Å². The first-order valence-corrected chi connectivity index (χ1v) is 9.12. The molecule has 0 spiro atoms. The summed E-state index contributed by atoms with van der Waals surface area (Å²) in [5.74, 6) is -0.455. The SMILES string of the molecule is CC(=O)c1ccc(C(=O)Nc2nnc(C3CC(=O)N(c4ccccc4)C3)o2)cc1. The monoisotopic (exact) mass is 390 g/mol. The number of benzene rings is 2. The Morgan fingerprint density at radius 1 is 1.03 bits per heavy atom. The Balaban J connectivity index is 1.43. The number of anilines is 2. The molecule has 2 aromatic carbocycles. The molecule has 1 aliphatic heterocycles. The van der Waals surface area contributed by atoms with Crippen molar-refractivity contribution < 1.29 is 18.8 Å². The molecule has 8 heteroatoms. The minimum atomic E-state index is -0.427. The maximum atomic E-state index is 12.3. The molecule has 29 heavy (non-hydrogen) atoms. The molecular formula is C21H18N4O4. The van der Waals surface area contributed by atoms with Crippen LogP contribution in [0.15, 0.2) is 59.0 Å². The topological polar surface area (TPSA) is 105 Å². The summed E-state index contributed by atoms with van der Waals surface area (Å²) < 4.78 is 5.57. The highest BCUT2D eigenvalue weighted by molar-refractivity contribution is 6.04. The van der Waals surface area contributed by atoms with Crippen molar-refractivity contribution in [3.63, 3.8) is 0 Å². The van der Waals surface area contributed by atoms with E-state index in [4.69, 9.17) is 4.42 Å². The molecule has 3 aromatic rings. The highest BCUT2D eigenvalue weighted by Gasteiger charge is 2.35. The van der Waals surface area contributed by atoms with Crippen LogP contribution in [0.1, 0.15) is 45.9 Å². The quantitative estimate of drug-likeness (QED) is 0.671. The molecule has 1 N–H and O–H groups in total. The first kappa shape index (κ1) is 18.5. The van der Waals surface area contributed by atoms with Crippen LogP contribution in [0.4, 0.5) is 11.7 Å².